The molecule has 0 spiro atoms. The number of hydrogen-bond acceptors (Lipinski definition) is 2. The largest absolute Gasteiger partial charge is 0.309 e. The second-order valence-corrected chi connectivity index (χ2v) is 6.71. The summed E-state index contributed by atoms with van der Waals surface area (Å²) in [4.78, 5) is 5.00. The van der Waals surface area contributed by atoms with Crippen LogP contribution >= 0.6 is 15.9 Å². The molecule has 1 saturated heterocycles. The molecule has 0 radical (unpaired) electrons. The van der Waals surface area contributed by atoms with Gasteiger partial charge < -0.3 is 9.80 Å². The zero-order chi connectivity index (χ0) is 12.7. The van der Waals surface area contributed by atoms with Gasteiger partial charge in [0.2, 0.25) is 0 Å². The number of hydrogen-bond donors (Lipinski definition) is 0. The zero-order valence-electron chi connectivity index (χ0n) is 11.8. The third-order valence-corrected chi connectivity index (χ3v) is 4.33. The van der Waals surface area contributed by atoms with Crippen molar-refractivity contribution in [1.29, 1.82) is 0 Å². The van der Waals surface area contributed by atoms with E-state index in [-0.39, 0.29) is 0 Å². The monoisotopic (exact) mass is 304 g/mol. The van der Waals surface area contributed by atoms with Crippen molar-refractivity contribution in [2.24, 2.45) is 11.8 Å². The van der Waals surface area contributed by atoms with Gasteiger partial charge in [-0.15, -0.1) is 0 Å². The molecule has 0 aromatic carbocycles. The maximum atomic E-state index is 3.53. The summed E-state index contributed by atoms with van der Waals surface area (Å²) in [7, 11) is 4.38. The molecule has 1 fully saturated rings. The molecule has 1 atom stereocenters. The zero-order valence-corrected chi connectivity index (χ0v) is 13.4. The van der Waals surface area contributed by atoms with E-state index in [9.17, 15) is 0 Å². The summed E-state index contributed by atoms with van der Waals surface area (Å²) >= 11 is 3.53. The van der Waals surface area contributed by atoms with Crippen molar-refractivity contribution in [2.75, 3.05) is 45.6 Å². The molecule has 1 aliphatic heterocycles. The molecule has 102 valence electrons. The summed E-state index contributed by atoms with van der Waals surface area (Å²) in [5.74, 6) is 1.80. The highest BCUT2D eigenvalue weighted by Crippen LogP contribution is 2.19. The van der Waals surface area contributed by atoms with Crippen molar-refractivity contribution in [3.8, 4) is 0 Å². The lowest BCUT2D eigenvalue weighted by molar-refractivity contribution is 0.156. The van der Waals surface area contributed by atoms with Crippen molar-refractivity contribution < 1.29 is 0 Å². The normalized spacial score (nSPS) is 21.0. The van der Waals surface area contributed by atoms with Gasteiger partial charge >= 0.3 is 0 Å². The van der Waals surface area contributed by atoms with Crippen LogP contribution in [0, 0.1) is 11.8 Å². The second kappa shape index (κ2) is 8.49. The van der Waals surface area contributed by atoms with Crippen LogP contribution in [0.4, 0.5) is 0 Å². The molecule has 1 rings (SSSR count). The van der Waals surface area contributed by atoms with Crippen LogP contribution in [0.15, 0.2) is 0 Å². The minimum atomic E-state index is 0.869. The molecule has 1 heterocycles. The lowest BCUT2D eigenvalue weighted by atomic mass is 9.95. The van der Waals surface area contributed by atoms with E-state index in [1.165, 1.54) is 51.9 Å². The molecular formula is C14H29BrN2. The third kappa shape index (κ3) is 6.78. The van der Waals surface area contributed by atoms with Gasteiger partial charge in [-0.3, -0.25) is 0 Å². The molecule has 0 aliphatic carbocycles. The van der Waals surface area contributed by atoms with Crippen molar-refractivity contribution in [2.45, 2.75) is 32.6 Å². The van der Waals surface area contributed by atoms with Crippen molar-refractivity contribution in [3.05, 3.63) is 0 Å². The molecule has 2 nitrogen and oxygen atoms in total. The molecule has 0 aromatic heterocycles. The summed E-state index contributed by atoms with van der Waals surface area (Å²) < 4.78 is 0. The number of nitrogens with zero attached hydrogens (tertiary/aromatic N) is 2. The molecule has 3 heteroatoms. The Balaban J connectivity index is 2.10. The first-order valence-electron chi connectivity index (χ1n) is 7.05. The van der Waals surface area contributed by atoms with E-state index in [4.69, 9.17) is 0 Å². The number of rotatable bonds is 7. The number of alkyl halides is 1. The summed E-state index contributed by atoms with van der Waals surface area (Å²) in [6.45, 7) is 7.59. The quantitative estimate of drug-likeness (QED) is 0.667. The highest BCUT2D eigenvalue weighted by Gasteiger charge is 2.19. The van der Waals surface area contributed by atoms with Gasteiger partial charge in [-0.05, 0) is 71.2 Å². The van der Waals surface area contributed by atoms with Gasteiger partial charge in [0.05, 0.1) is 0 Å². The van der Waals surface area contributed by atoms with Gasteiger partial charge in [-0.2, -0.15) is 0 Å². The fraction of sp³-hybridized carbons (Fsp3) is 1.00. The van der Waals surface area contributed by atoms with E-state index >= 15 is 0 Å². The SMILES string of the molecule is CC(CCBr)CCN1CCC(CN(C)C)CC1. The molecule has 1 aliphatic rings. The molecule has 17 heavy (non-hydrogen) atoms. The average Bonchev–Trinajstić information content (AvgIpc) is 2.28. The first kappa shape index (κ1) is 15.5. The molecule has 0 bridgehead atoms. The van der Waals surface area contributed by atoms with Gasteiger partial charge in [0, 0.05) is 11.9 Å². The Morgan fingerprint density at radius 3 is 2.41 bits per heavy atom. The minimum absolute atomic E-state index is 0.869. The van der Waals surface area contributed by atoms with Gasteiger partial charge in [0.15, 0.2) is 0 Å². The van der Waals surface area contributed by atoms with Crippen molar-refractivity contribution in [3.63, 3.8) is 0 Å². The Bertz CT molecular complexity index is 189. The summed E-state index contributed by atoms with van der Waals surface area (Å²) in [5.41, 5.74) is 0. The van der Waals surface area contributed by atoms with Crippen LogP contribution < -0.4 is 0 Å². The highest BCUT2D eigenvalue weighted by molar-refractivity contribution is 9.09. The van der Waals surface area contributed by atoms with Crippen molar-refractivity contribution in [1.82, 2.24) is 9.80 Å². The molecule has 0 N–H and O–H groups in total. The Morgan fingerprint density at radius 2 is 1.88 bits per heavy atom. The van der Waals surface area contributed by atoms with Gasteiger partial charge in [0.1, 0.15) is 0 Å². The molecule has 0 amide bonds. The molecular weight excluding hydrogens is 276 g/mol. The maximum Gasteiger partial charge on any atom is 0.00338 e. The van der Waals surface area contributed by atoms with Crippen LogP contribution in [0.3, 0.4) is 0 Å². The third-order valence-electron chi connectivity index (χ3n) is 3.87. The van der Waals surface area contributed by atoms with E-state index < -0.39 is 0 Å². The highest BCUT2D eigenvalue weighted by atomic mass is 79.9. The van der Waals surface area contributed by atoms with E-state index in [0.717, 1.165) is 17.2 Å². The fourth-order valence-corrected chi connectivity index (χ4v) is 3.42. The standard InChI is InChI=1S/C14H29BrN2/c1-13(4-8-15)5-9-17-10-6-14(7-11-17)12-16(2)3/h13-14H,4-12H2,1-3H3. The Hall–Kier alpha value is 0.400. The first-order valence-corrected chi connectivity index (χ1v) is 8.17. The first-order chi connectivity index (χ1) is 8.11. The van der Waals surface area contributed by atoms with E-state index in [1.807, 2.05) is 0 Å². The number of piperidine rings is 1. The molecule has 0 saturated carbocycles. The van der Waals surface area contributed by atoms with Crippen LogP contribution in [0.1, 0.15) is 32.6 Å². The van der Waals surface area contributed by atoms with Gasteiger partial charge in [-0.1, -0.05) is 22.9 Å². The van der Waals surface area contributed by atoms with Crippen LogP contribution in [0.25, 0.3) is 0 Å². The molecule has 0 aromatic rings. The predicted molar refractivity (Wildman–Crippen MR) is 79.9 cm³/mol. The summed E-state index contributed by atoms with van der Waals surface area (Å²) in [6.07, 6.45) is 5.47. The lowest BCUT2D eigenvalue weighted by Gasteiger charge is -2.33. The Kier molecular flexibility index (Phi) is 7.72. The number of likely N-dealkylation sites (tertiary alicyclic amines) is 1. The van der Waals surface area contributed by atoms with Crippen LogP contribution in [-0.2, 0) is 0 Å². The van der Waals surface area contributed by atoms with Crippen LogP contribution in [0.5, 0.6) is 0 Å². The van der Waals surface area contributed by atoms with E-state index in [0.29, 0.717) is 0 Å². The smallest absolute Gasteiger partial charge is 0.00338 e. The Labute approximate surface area is 116 Å². The minimum Gasteiger partial charge on any atom is -0.309 e. The van der Waals surface area contributed by atoms with Crippen LogP contribution in [0.2, 0.25) is 0 Å². The van der Waals surface area contributed by atoms with Gasteiger partial charge in [-0.25, -0.2) is 0 Å². The number of halogens is 1. The predicted octanol–water partition coefficient (Wildman–Crippen LogP) is 3.07. The second-order valence-electron chi connectivity index (χ2n) is 5.92. The summed E-state index contributed by atoms with van der Waals surface area (Å²) in [5, 5.41) is 1.15. The van der Waals surface area contributed by atoms with Gasteiger partial charge in [0.25, 0.3) is 0 Å². The van der Waals surface area contributed by atoms with Crippen molar-refractivity contribution >= 4 is 15.9 Å². The molecule has 1 unspecified atom stereocenters. The lowest BCUT2D eigenvalue weighted by Crippen LogP contribution is -2.37. The summed E-state index contributed by atoms with van der Waals surface area (Å²) in [6, 6.07) is 0. The maximum absolute atomic E-state index is 3.53. The average molecular weight is 305 g/mol. The van der Waals surface area contributed by atoms with E-state index in [2.05, 4.69) is 46.7 Å². The fourth-order valence-electron chi connectivity index (χ4n) is 2.64. The van der Waals surface area contributed by atoms with E-state index in [1.54, 1.807) is 0 Å². The topological polar surface area (TPSA) is 6.48 Å². The Morgan fingerprint density at radius 1 is 1.24 bits per heavy atom. The van der Waals surface area contributed by atoms with Crippen LogP contribution in [-0.4, -0.2) is 55.4 Å².